The molecule has 22 heavy (non-hydrogen) atoms. The molecule has 0 unspecified atom stereocenters. The van der Waals surface area contributed by atoms with Gasteiger partial charge in [-0.15, -0.1) is 0 Å². The molecule has 0 atom stereocenters. The van der Waals surface area contributed by atoms with E-state index in [9.17, 15) is 9.59 Å². The zero-order valence-corrected chi connectivity index (χ0v) is 13.1. The Bertz CT molecular complexity index is 526. The first-order valence-electron chi connectivity index (χ1n) is 8.31. The molecule has 1 saturated carbocycles. The lowest BCUT2D eigenvalue weighted by molar-refractivity contribution is 0.00828. The first kappa shape index (κ1) is 15.2. The standard InChI is InChI=1S/C18H23NO3/c1-2-3-12-22-14-10-8-13(9-11-14)19-17(20)15-6-4-5-7-16(15)18(19)21/h4-7,13-14H,2-3,8-12H2,1H3. The van der Waals surface area contributed by atoms with E-state index in [1.165, 1.54) is 4.90 Å². The van der Waals surface area contributed by atoms with E-state index < -0.39 is 0 Å². The maximum atomic E-state index is 12.5. The molecular weight excluding hydrogens is 278 g/mol. The van der Waals surface area contributed by atoms with Crippen LogP contribution in [0.4, 0.5) is 0 Å². The van der Waals surface area contributed by atoms with Crippen molar-refractivity contribution in [2.24, 2.45) is 0 Å². The molecule has 1 aliphatic heterocycles. The molecule has 1 aromatic carbocycles. The summed E-state index contributed by atoms with van der Waals surface area (Å²) >= 11 is 0. The minimum Gasteiger partial charge on any atom is -0.378 e. The summed E-state index contributed by atoms with van der Waals surface area (Å²) in [5.41, 5.74) is 1.10. The Morgan fingerprint density at radius 1 is 1.05 bits per heavy atom. The molecule has 0 saturated heterocycles. The van der Waals surface area contributed by atoms with Gasteiger partial charge in [0.25, 0.3) is 11.8 Å². The van der Waals surface area contributed by atoms with Crippen LogP contribution in [0.3, 0.4) is 0 Å². The van der Waals surface area contributed by atoms with Gasteiger partial charge in [-0.05, 0) is 44.2 Å². The molecule has 4 nitrogen and oxygen atoms in total. The fourth-order valence-corrected chi connectivity index (χ4v) is 3.40. The van der Waals surface area contributed by atoms with E-state index >= 15 is 0 Å². The van der Waals surface area contributed by atoms with Crippen molar-refractivity contribution in [3.8, 4) is 0 Å². The maximum absolute atomic E-state index is 12.5. The SMILES string of the molecule is CCCCOC1CCC(N2C(=O)c3ccccc3C2=O)CC1. The number of amides is 2. The van der Waals surface area contributed by atoms with E-state index in [0.717, 1.165) is 45.1 Å². The van der Waals surface area contributed by atoms with Crippen LogP contribution in [-0.4, -0.2) is 35.5 Å². The Hall–Kier alpha value is -1.68. The van der Waals surface area contributed by atoms with Crippen LogP contribution >= 0.6 is 0 Å². The first-order chi connectivity index (χ1) is 10.7. The lowest BCUT2D eigenvalue weighted by atomic mass is 9.92. The fraction of sp³-hybridized carbons (Fsp3) is 0.556. The average Bonchev–Trinajstić information content (AvgIpc) is 2.81. The summed E-state index contributed by atoms with van der Waals surface area (Å²) in [7, 11) is 0. The van der Waals surface area contributed by atoms with Crippen LogP contribution in [0.1, 0.15) is 66.2 Å². The topological polar surface area (TPSA) is 46.6 Å². The highest BCUT2D eigenvalue weighted by atomic mass is 16.5. The summed E-state index contributed by atoms with van der Waals surface area (Å²) in [4.78, 5) is 26.4. The van der Waals surface area contributed by atoms with Crippen LogP contribution in [0, 0.1) is 0 Å². The second-order valence-corrected chi connectivity index (χ2v) is 6.18. The Labute approximate surface area is 131 Å². The summed E-state index contributed by atoms with van der Waals surface area (Å²) in [6, 6.07) is 7.14. The third kappa shape index (κ3) is 2.80. The highest BCUT2D eigenvalue weighted by Crippen LogP contribution is 2.31. The summed E-state index contributed by atoms with van der Waals surface area (Å²) < 4.78 is 5.86. The monoisotopic (exact) mass is 301 g/mol. The second kappa shape index (κ2) is 6.61. The molecule has 3 rings (SSSR count). The van der Waals surface area contributed by atoms with Gasteiger partial charge >= 0.3 is 0 Å². The molecule has 1 aliphatic carbocycles. The summed E-state index contributed by atoms with van der Waals surface area (Å²) in [5.74, 6) is -0.257. The predicted molar refractivity (Wildman–Crippen MR) is 83.8 cm³/mol. The molecule has 1 aromatic rings. The molecule has 2 amide bonds. The van der Waals surface area contributed by atoms with E-state index in [-0.39, 0.29) is 24.0 Å². The van der Waals surface area contributed by atoms with Crippen molar-refractivity contribution in [2.75, 3.05) is 6.61 Å². The van der Waals surface area contributed by atoms with Gasteiger partial charge in [-0.1, -0.05) is 25.5 Å². The molecule has 0 aromatic heterocycles. The fourth-order valence-electron chi connectivity index (χ4n) is 3.40. The number of unbranched alkanes of at least 4 members (excludes halogenated alkanes) is 1. The van der Waals surface area contributed by atoms with Gasteiger partial charge in [0.2, 0.25) is 0 Å². The number of benzene rings is 1. The number of ether oxygens (including phenoxy) is 1. The number of rotatable bonds is 5. The first-order valence-corrected chi connectivity index (χ1v) is 8.31. The van der Waals surface area contributed by atoms with Gasteiger partial charge in [0.15, 0.2) is 0 Å². The Morgan fingerprint density at radius 2 is 1.64 bits per heavy atom. The Balaban J connectivity index is 1.61. The Morgan fingerprint density at radius 3 is 2.18 bits per heavy atom. The van der Waals surface area contributed by atoms with Crippen molar-refractivity contribution in [2.45, 2.75) is 57.6 Å². The number of carbonyl (C=O) groups excluding carboxylic acids is 2. The highest BCUT2D eigenvalue weighted by molar-refractivity contribution is 6.21. The van der Waals surface area contributed by atoms with E-state index in [1.807, 2.05) is 12.1 Å². The molecule has 0 radical (unpaired) electrons. The van der Waals surface area contributed by atoms with Crippen molar-refractivity contribution in [3.63, 3.8) is 0 Å². The van der Waals surface area contributed by atoms with Crippen LogP contribution < -0.4 is 0 Å². The number of fused-ring (bicyclic) bond motifs is 1. The van der Waals surface area contributed by atoms with Gasteiger partial charge in [0.1, 0.15) is 0 Å². The van der Waals surface area contributed by atoms with Crippen LogP contribution in [0.5, 0.6) is 0 Å². The Kier molecular flexibility index (Phi) is 4.57. The minimum atomic E-state index is -0.129. The molecule has 0 N–H and O–H groups in total. The molecule has 2 aliphatic rings. The van der Waals surface area contributed by atoms with Crippen LogP contribution in [0.2, 0.25) is 0 Å². The molecule has 4 heteroatoms. The second-order valence-electron chi connectivity index (χ2n) is 6.18. The van der Waals surface area contributed by atoms with Crippen molar-refractivity contribution in [1.29, 1.82) is 0 Å². The van der Waals surface area contributed by atoms with E-state index in [2.05, 4.69) is 6.92 Å². The lowest BCUT2D eigenvalue weighted by Gasteiger charge is -2.33. The largest absolute Gasteiger partial charge is 0.378 e. The zero-order valence-electron chi connectivity index (χ0n) is 13.1. The van der Waals surface area contributed by atoms with Gasteiger partial charge in [-0.2, -0.15) is 0 Å². The van der Waals surface area contributed by atoms with Crippen molar-refractivity contribution in [1.82, 2.24) is 4.90 Å². The summed E-state index contributed by atoms with van der Waals surface area (Å²) in [6.45, 7) is 2.97. The molecule has 118 valence electrons. The van der Waals surface area contributed by atoms with E-state index in [4.69, 9.17) is 4.74 Å². The number of hydrogen-bond acceptors (Lipinski definition) is 3. The summed E-state index contributed by atoms with van der Waals surface area (Å²) in [5, 5.41) is 0. The van der Waals surface area contributed by atoms with Crippen LogP contribution in [0.25, 0.3) is 0 Å². The number of imide groups is 1. The summed E-state index contributed by atoms with van der Waals surface area (Å²) in [6.07, 6.45) is 6.09. The van der Waals surface area contributed by atoms with Gasteiger partial charge in [-0.3, -0.25) is 14.5 Å². The normalized spacial score (nSPS) is 24.7. The quantitative estimate of drug-likeness (QED) is 0.618. The predicted octanol–water partition coefficient (Wildman–Crippen LogP) is 3.41. The number of nitrogens with zero attached hydrogens (tertiary/aromatic N) is 1. The van der Waals surface area contributed by atoms with Gasteiger partial charge < -0.3 is 4.74 Å². The number of hydrogen-bond donors (Lipinski definition) is 0. The van der Waals surface area contributed by atoms with Crippen molar-refractivity contribution >= 4 is 11.8 Å². The average molecular weight is 301 g/mol. The molecule has 0 spiro atoms. The molecule has 1 fully saturated rings. The third-order valence-corrected chi connectivity index (χ3v) is 4.69. The zero-order chi connectivity index (χ0) is 15.5. The van der Waals surface area contributed by atoms with E-state index in [0.29, 0.717) is 11.1 Å². The third-order valence-electron chi connectivity index (χ3n) is 4.69. The lowest BCUT2D eigenvalue weighted by Crippen LogP contribution is -2.43. The smallest absolute Gasteiger partial charge is 0.261 e. The number of carbonyl (C=O) groups is 2. The van der Waals surface area contributed by atoms with Crippen molar-refractivity contribution < 1.29 is 14.3 Å². The minimum absolute atomic E-state index is 0.0263. The highest BCUT2D eigenvalue weighted by Gasteiger charge is 2.40. The molecule has 1 heterocycles. The molecule has 0 bridgehead atoms. The maximum Gasteiger partial charge on any atom is 0.261 e. The van der Waals surface area contributed by atoms with Gasteiger partial charge in [-0.25, -0.2) is 0 Å². The van der Waals surface area contributed by atoms with Gasteiger partial charge in [0, 0.05) is 12.6 Å². The van der Waals surface area contributed by atoms with Crippen LogP contribution in [-0.2, 0) is 4.74 Å². The van der Waals surface area contributed by atoms with Gasteiger partial charge in [0.05, 0.1) is 17.2 Å². The van der Waals surface area contributed by atoms with Crippen LogP contribution in [0.15, 0.2) is 24.3 Å². The molecular formula is C18H23NO3. The van der Waals surface area contributed by atoms with Crippen molar-refractivity contribution in [3.05, 3.63) is 35.4 Å². The van der Waals surface area contributed by atoms with E-state index in [1.54, 1.807) is 12.1 Å².